The van der Waals surface area contributed by atoms with Gasteiger partial charge in [0.15, 0.2) is 15.7 Å². The largest absolute Gasteiger partial charge is 0.494 e. The van der Waals surface area contributed by atoms with Crippen LogP contribution in [0.4, 0.5) is 0 Å². The number of nitrogens with one attached hydrogen (secondary N) is 2. The van der Waals surface area contributed by atoms with Crippen molar-refractivity contribution in [1.29, 1.82) is 5.41 Å². The predicted octanol–water partition coefficient (Wildman–Crippen LogP) is 3.11. The van der Waals surface area contributed by atoms with Gasteiger partial charge in [-0.05, 0) is 43.2 Å². The summed E-state index contributed by atoms with van der Waals surface area (Å²) in [7, 11) is -1.94. The third kappa shape index (κ3) is 4.12. The lowest BCUT2D eigenvalue weighted by molar-refractivity contribution is 0.103. The van der Waals surface area contributed by atoms with Crippen LogP contribution in [-0.4, -0.2) is 44.1 Å². The standard InChI is InChI=1S/C18H24N2O4S2/c1-5-25-17-10(2)12(8-9-13(17)26(4,23)24)16(21)14(18(22)20-3)15(19)11-6-7-11/h8-9,11,19-20,22H,5-7H2,1-4H3/b18-14-,19-15?. The third-order valence-electron chi connectivity index (χ3n) is 4.26. The first-order valence-corrected chi connectivity index (χ1v) is 11.2. The molecular weight excluding hydrogens is 372 g/mol. The van der Waals surface area contributed by atoms with Gasteiger partial charge >= 0.3 is 0 Å². The normalized spacial score (nSPS) is 15.4. The summed E-state index contributed by atoms with van der Waals surface area (Å²) in [6.45, 7) is 3.61. The Hall–Kier alpha value is -1.80. The second-order valence-corrected chi connectivity index (χ2v) is 9.52. The molecule has 1 saturated carbocycles. The monoisotopic (exact) mass is 396 g/mol. The van der Waals surface area contributed by atoms with Crippen molar-refractivity contribution < 1.29 is 18.3 Å². The van der Waals surface area contributed by atoms with Gasteiger partial charge < -0.3 is 15.8 Å². The fraction of sp³-hybridized carbons (Fsp3) is 0.444. The van der Waals surface area contributed by atoms with Gasteiger partial charge in [0.25, 0.3) is 0 Å². The molecule has 1 aliphatic carbocycles. The minimum atomic E-state index is -3.43. The van der Waals surface area contributed by atoms with Gasteiger partial charge in [0.1, 0.15) is 5.57 Å². The Labute approximate surface area is 158 Å². The minimum absolute atomic E-state index is 0.00969. The van der Waals surface area contributed by atoms with Crippen LogP contribution in [0.5, 0.6) is 0 Å². The number of allylic oxidation sites excluding steroid dienone is 1. The molecule has 1 fully saturated rings. The van der Waals surface area contributed by atoms with Crippen molar-refractivity contribution in [2.45, 2.75) is 36.5 Å². The van der Waals surface area contributed by atoms with Crippen molar-refractivity contribution in [1.82, 2.24) is 5.32 Å². The van der Waals surface area contributed by atoms with E-state index in [2.05, 4.69) is 5.32 Å². The van der Waals surface area contributed by atoms with Gasteiger partial charge in [0.05, 0.1) is 10.6 Å². The van der Waals surface area contributed by atoms with Crippen LogP contribution in [0.15, 0.2) is 33.4 Å². The Morgan fingerprint density at radius 2 is 2.00 bits per heavy atom. The van der Waals surface area contributed by atoms with Crippen LogP contribution >= 0.6 is 11.8 Å². The lowest BCUT2D eigenvalue weighted by atomic mass is 9.94. The first-order valence-electron chi connectivity index (χ1n) is 8.34. The number of aliphatic hydroxyl groups is 1. The topological polar surface area (TPSA) is 107 Å². The summed E-state index contributed by atoms with van der Waals surface area (Å²) in [5.41, 5.74) is 0.932. The molecule has 0 spiro atoms. The molecule has 0 bridgehead atoms. The van der Waals surface area contributed by atoms with Crippen molar-refractivity contribution >= 4 is 33.1 Å². The summed E-state index contributed by atoms with van der Waals surface area (Å²) < 4.78 is 24.1. The van der Waals surface area contributed by atoms with Crippen molar-refractivity contribution in [3.05, 3.63) is 34.7 Å². The van der Waals surface area contributed by atoms with Gasteiger partial charge in [-0.3, -0.25) is 4.79 Å². The molecule has 0 unspecified atom stereocenters. The van der Waals surface area contributed by atoms with Crippen LogP contribution in [0.1, 0.15) is 35.7 Å². The average Bonchev–Trinajstić information content (AvgIpc) is 3.40. The Bertz CT molecular complexity index is 885. The molecule has 0 radical (unpaired) electrons. The number of hydrogen-bond donors (Lipinski definition) is 3. The highest BCUT2D eigenvalue weighted by Gasteiger charge is 2.34. The zero-order chi connectivity index (χ0) is 19.6. The van der Waals surface area contributed by atoms with E-state index in [9.17, 15) is 18.3 Å². The zero-order valence-electron chi connectivity index (χ0n) is 15.3. The molecule has 0 heterocycles. The Balaban J connectivity index is 2.61. The number of aliphatic hydroxyl groups excluding tert-OH is 1. The quantitative estimate of drug-likeness (QED) is 0.205. The van der Waals surface area contributed by atoms with Gasteiger partial charge in [0.2, 0.25) is 5.78 Å². The Kier molecular flexibility index (Phi) is 6.18. The molecular formula is C18H24N2O4S2. The van der Waals surface area contributed by atoms with E-state index in [-0.39, 0.29) is 28.0 Å². The molecule has 2 rings (SSSR count). The van der Waals surface area contributed by atoms with Crippen molar-refractivity contribution in [3.63, 3.8) is 0 Å². The minimum Gasteiger partial charge on any atom is -0.494 e. The third-order valence-corrected chi connectivity index (χ3v) is 6.63. The number of benzene rings is 1. The van der Waals surface area contributed by atoms with Crippen molar-refractivity contribution in [2.75, 3.05) is 19.1 Å². The number of sulfone groups is 1. The highest BCUT2D eigenvalue weighted by molar-refractivity contribution is 8.00. The van der Waals surface area contributed by atoms with Crippen molar-refractivity contribution in [3.8, 4) is 0 Å². The number of ketones is 1. The summed E-state index contributed by atoms with van der Waals surface area (Å²) in [5, 5.41) is 20.9. The van der Waals surface area contributed by atoms with E-state index in [4.69, 9.17) is 5.41 Å². The SMILES string of the molecule is CCSc1c(S(C)(=O)=O)ccc(C(=O)/C(C(=N)C2CC2)=C(\O)NC)c1C. The first-order chi connectivity index (χ1) is 12.1. The van der Waals surface area contributed by atoms with Crippen LogP contribution in [0.2, 0.25) is 0 Å². The van der Waals surface area contributed by atoms with E-state index in [1.54, 1.807) is 6.92 Å². The van der Waals surface area contributed by atoms with Crippen LogP contribution in [0.25, 0.3) is 0 Å². The van der Waals surface area contributed by atoms with E-state index in [1.807, 2.05) is 6.92 Å². The molecule has 142 valence electrons. The van der Waals surface area contributed by atoms with Crippen LogP contribution < -0.4 is 5.32 Å². The van der Waals surface area contributed by atoms with Gasteiger partial charge in [-0.25, -0.2) is 8.42 Å². The molecule has 1 aliphatic rings. The highest BCUT2D eigenvalue weighted by atomic mass is 32.2. The fourth-order valence-corrected chi connectivity index (χ4v) is 4.98. The van der Waals surface area contributed by atoms with Gasteiger partial charge in [-0.15, -0.1) is 11.8 Å². The number of carbonyl (C=O) groups is 1. The molecule has 0 saturated heterocycles. The lowest BCUT2D eigenvalue weighted by Crippen LogP contribution is -2.22. The number of carbonyl (C=O) groups excluding carboxylic acids is 1. The Morgan fingerprint density at radius 1 is 1.38 bits per heavy atom. The Morgan fingerprint density at radius 3 is 2.46 bits per heavy atom. The van der Waals surface area contributed by atoms with E-state index >= 15 is 0 Å². The first kappa shape index (κ1) is 20.5. The molecule has 3 N–H and O–H groups in total. The van der Waals surface area contributed by atoms with E-state index in [0.717, 1.165) is 19.1 Å². The smallest absolute Gasteiger partial charge is 0.200 e. The lowest BCUT2D eigenvalue weighted by Gasteiger charge is -2.16. The van der Waals surface area contributed by atoms with Crippen LogP contribution in [-0.2, 0) is 9.84 Å². The fourth-order valence-electron chi connectivity index (χ4n) is 2.72. The molecule has 0 amide bonds. The summed E-state index contributed by atoms with van der Waals surface area (Å²) in [4.78, 5) is 13.8. The van der Waals surface area contributed by atoms with Gasteiger partial charge in [-0.2, -0.15) is 0 Å². The summed E-state index contributed by atoms with van der Waals surface area (Å²) in [6, 6.07) is 2.90. The van der Waals surface area contributed by atoms with Crippen LogP contribution in [0, 0.1) is 18.3 Å². The molecule has 1 aromatic rings. The molecule has 6 nitrogen and oxygen atoms in total. The zero-order valence-corrected chi connectivity index (χ0v) is 17.0. The van der Waals surface area contributed by atoms with Gasteiger partial charge in [-0.1, -0.05) is 6.92 Å². The highest BCUT2D eigenvalue weighted by Crippen LogP contribution is 2.36. The number of hydrogen-bond acceptors (Lipinski definition) is 7. The van der Waals surface area contributed by atoms with E-state index in [0.29, 0.717) is 21.8 Å². The maximum Gasteiger partial charge on any atom is 0.200 e. The predicted molar refractivity (Wildman–Crippen MR) is 104 cm³/mol. The molecule has 26 heavy (non-hydrogen) atoms. The maximum atomic E-state index is 13.1. The summed E-state index contributed by atoms with van der Waals surface area (Å²) >= 11 is 1.36. The summed E-state index contributed by atoms with van der Waals surface area (Å²) in [5.74, 6) is -0.152. The molecule has 1 aromatic carbocycles. The molecule has 0 aromatic heterocycles. The second kappa shape index (κ2) is 7.84. The van der Waals surface area contributed by atoms with E-state index < -0.39 is 15.6 Å². The number of rotatable bonds is 8. The number of Topliss-reactive ketones (excluding diaryl/α,β-unsaturated/α-hetero) is 1. The second-order valence-electron chi connectivity index (χ2n) is 6.26. The van der Waals surface area contributed by atoms with Crippen molar-refractivity contribution in [2.24, 2.45) is 5.92 Å². The van der Waals surface area contributed by atoms with E-state index in [1.165, 1.54) is 30.9 Å². The molecule has 0 atom stereocenters. The molecule has 8 heteroatoms. The van der Waals surface area contributed by atoms with Crippen LogP contribution in [0.3, 0.4) is 0 Å². The number of thioether (sulfide) groups is 1. The maximum absolute atomic E-state index is 13.1. The average molecular weight is 397 g/mol. The summed E-state index contributed by atoms with van der Waals surface area (Å²) in [6.07, 6.45) is 2.80. The van der Waals surface area contributed by atoms with Gasteiger partial charge in [0, 0.05) is 29.7 Å². The molecule has 0 aliphatic heterocycles.